The molecule has 10 heteroatoms. The van der Waals surface area contributed by atoms with Crippen molar-refractivity contribution in [3.05, 3.63) is 47.5 Å². The minimum Gasteiger partial charge on any atom is -0.326 e. The molecule has 3 rings (SSSR count). The zero-order chi connectivity index (χ0) is 22.1. The lowest BCUT2D eigenvalue weighted by Crippen LogP contribution is -2.38. The van der Waals surface area contributed by atoms with Gasteiger partial charge in [-0.1, -0.05) is 0 Å². The number of carbonyl (C=O) groups is 1. The van der Waals surface area contributed by atoms with Gasteiger partial charge in [0.1, 0.15) is 0 Å². The molecule has 2 aromatic carbocycles. The van der Waals surface area contributed by atoms with E-state index in [0.29, 0.717) is 41.2 Å². The smallest absolute Gasteiger partial charge is 0.262 e. The average Bonchev–Trinajstić information content (AvgIpc) is 2.64. The van der Waals surface area contributed by atoms with E-state index >= 15 is 0 Å². The summed E-state index contributed by atoms with van der Waals surface area (Å²) in [6, 6.07) is 9.43. The molecule has 1 saturated heterocycles. The third kappa shape index (κ3) is 4.76. The van der Waals surface area contributed by atoms with E-state index in [4.69, 9.17) is 0 Å². The van der Waals surface area contributed by atoms with Gasteiger partial charge in [0.05, 0.1) is 16.3 Å². The highest BCUT2D eigenvalue weighted by Crippen LogP contribution is 2.31. The number of carbonyl (C=O) groups excluding carboxylic acids is 1. The number of benzene rings is 2. The predicted molar refractivity (Wildman–Crippen MR) is 118 cm³/mol. The molecule has 8 nitrogen and oxygen atoms in total. The van der Waals surface area contributed by atoms with Gasteiger partial charge >= 0.3 is 0 Å². The summed E-state index contributed by atoms with van der Waals surface area (Å²) < 4.78 is 54.6. The van der Waals surface area contributed by atoms with Gasteiger partial charge in [-0.3, -0.25) is 13.8 Å². The summed E-state index contributed by atoms with van der Waals surface area (Å²) in [5, 5.41) is 2.62. The highest BCUT2D eigenvalue weighted by atomic mass is 32.2. The fourth-order valence-corrected chi connectivity index (χ4v) is 6.49. The maximum atomic E-state index is 12.9. The highest BCUT2D eigenvalue weighted by molar-refractivity contribution is 7.93. The molecule has 0 saturated carbocycles. The number of amides is 1. The van der Waals surface area contributed by atoms with Crippen LogP contribution in [-0.2, 0) is 24.8 Å². The topological polar surface area (TPSA) is 113 Å². The Morgan fingerprint density at radius 2 is 1.63 bits per heavy atom. The molecule has 1 aliphatic rings. The van der Waals surface area contributed by atoms with Crippen LogP contribution in [0.4, 0.5) is 17.1 Å². The van der Waals surface area contributed by atoms with Gasteiger partial charge in [-0.25, -0.2) is 16.8 Å². The summed E-state index contributed by atoms with van der Waals surface area (Å²) in [6.45, 7) is 5.14. The van der Waals surface area contributed by atoms with Gasteiger partial charge in [0.15, 0.2) is 0 Å². The number of anilines is 3. The Labute approximate surface area is 177 Å². The molecule has 1 heterocycles. The van der Waals surface area contributed by atoms with E-state index in [9.17, 15) is 21.6 Å². The third-order valence-corrected chi connectivity index (χ3v) is 8.24. The Morgan fingerprint density at radius 3 is 2.23 bits per heavy atom. The lowest BCUT2D eigenvalue weighted by Gasteiger charge is -2.30. The standard InChI is InChI=1S/C20H25N3O5S2/c1-14-13-20(15(2)12-19(14)23-10-4-5-11-29(23,25)26)30(27,28)22-18-8-6-17(7-9-18)21-16(3)24/h6-9,12-13,22H,4-5,10-11H2,1-3H3,(H,21,24). The van der Waals surface area contributed by atoms with E-state index in [2.05, 4.69) is 10.0 Å². The fraction of sp³-hybridized carbons (Fsp3) is 0.350. The van der Waals surface area contributed by atoms with Crippen LogP contribution in [0.15, 0.2) is 41.3 Å². The van der Waals surface area contributed by atoms with E-state index in [-0.39, 0.29) is 16.6 Å². The molecule has 30 heavy (non-hydrogen) atoms. The summed E-state index contributed by atoms with van der Waals surface area (Å²) in [5.41, 5.74) is 2.46. The molecule has 0 atom stereocenters. The molecule has 1 aliphatic heterocycles. The molecule has 2 N–H and O–H groups in total. The number of aryl methyl sites for hydroxylation is 2. The van der Waals surface area contributed by atoms with Crippen LogP contribution in [0, 0.1) is 13.8 Å². The fourth-order valence-electron chi connectivity index (χ4n) is 3.43. The molecule has 0 aliphatic carbocycles. The second kappa shape index (κ2) is 8.27. The first-order chi connectivity index (χ1) is 14.0. The molecule has 0 aromatic heterocycles. The van der Waals surface area contributed by atoms with Gasteiger partial charge in [-0.15, -0.1) is 0 Å². The van der Waals surface area contributed by atoms with Crippen LogP contribution >= 0.6 is 0 Å². The van der Waals surface area contributed by atoms with E-state index in [1.807, 2.05) is 0 Å². The number of nitrogens with zero attached hydrogens (tertiary/aromatic N) is 1. The Bertz CT molecular complexity index is 1170. The van der Waals surface area contributed by atoms with Crippen molar-refractivity contribution in [1.29, 1.82) is 0 Å². The van der Waals surface area contributed by atoms with Gasteiger partial charge in [-0.2, -0.15) is 0 Å². The molecular weight excluding hydrogens is 426 g/mol. The summed E-state index contributed by atoms with van der Waals surface area (Å²) in [4.78, 5) is 11.2. The molecule has 0 unspecified atom stereocenters. The van der Waals surface area contributed by atoms with Crippen LogP contribution in [0.3, 0.4) is 0 Å². The normalized spacial score (nSPS) is 16.2. The number of rotatable bonds is 5. The van der Waals surface area contributed by atoms with Crippen molar-refractivity contribution >= 4 is 43.0 Å². The number of sulfonamides is 2. The Morgan fingerprint density at radius 1 is 1.00 bits per heavy atom. The number of hydrogen-bond donors (Lipinski definition) is 2. The lowest BCUT2D eigenvalue weighted by atomic mass is 10.1. The minimum absolute atomic E-state index is 0.0871. The van der Waals surface area contributed by atoms with Crippen molar-refractivity contribution < 1.29 is 21.6 Å². The molecule has 0 radical (unpaired) electrons. The first-order valence-corrected chi connectivity index (χ1v) is 12.6. The maximum Gasteiger partial charge on any atom is 0.262 e. The lowest BCUT2D eigenvalue weighted by molar-refractivity contribution is -0.114. The first-order valence-electron chi connectivity index (χ1n) is 9.52. The van der Waals surface area contributed by atoms with E-state index in [1.165, 1.54) is 17.3 Å². The van der Waals surface area contributed by atoms with Crippen molar-refractivity contribution in [2.75, 3.05) is 26.6 Å². The third-order valence-electron chi connectivity index (χ3n) is 4.86. The van der Waals surface area contributed by atoms with Crippen LogP contribution in [0.5, 0.6) is 0 Å². The van der Waals surface area contributed by atoms with E-state index in [1.54, 1.807) is 44.2 Å². The second-order valence-corrected chi connectivity index (χ2v) is 11.0. The molecular formula is C20H25N3O5S2. The highest BCUT2D eigenvalue weighted by Gasteiger charge is 2.28. The van der Waals surface area contributed by atoms with Crippen molar-refractivity contribution in [3.63, 3.8) is 0 Å². The Balaban J connectivity index is 1.89. The van der Waals surface area contributed by atoms with Crippen molar-refractivity contribution in [2.45, 2.75) is 38.5 Å². The molecule has 162 valence electrons. The first kappa shape index (κ1) is 22.1. The monoisotopic (exact) mass is 451 g/mol. The van der Waals surface area contributed by atoms with Crippen molar-refractivity contribution in [2.24, 2.45) is 0 Å². The summed E-state index contributed by atoms with van der Waals surface area (Å²) in [7, 11) is -7.27. The summed E-state index contributed by atoms with van der Waals surface area (Å²) in [5.74, 6) is -0.119. The number of hydrogen-bond acceptors (Lipinski definition) is 5. The Hall–Kier alpha value is -2.59. The maximum absolute atomic E-state index is 12.9. The van der Waals surface area contributed by atoms with Gasteiger partial charge in [0.2, 0.25) is 15.9 Å². The van der Waals surface area contributed by atoms with Crippen LogP contribution in [-0.4, -0.2) is 35.0 Å². The molecule has 2 aromatic rings. The average molecular weight is 452 g/mol. The van der Waals surface area contributed by atoms with Crippen molar-refractivity contribution in [3.8, 4) is 0 Å². The van der Waals surface area contributed by atoms with Crippen LogP contribution < -0.4 is 14.3 Å². The largest absolute Gasteiger partial charge is 0.326 e. The SMILES string of the molecule is CC(=O)Nc1ccc(NS(=O)(=O)c2cc(C)c(N3CCCCS3(=O)=O)cc2C)cc1. The Kier molecular flexibility index (Phi) is 6.09. The molecule has 1 amide bonds. The zero-order valence-corrected chi connectivity index (χ0v) is 18.7. The number of nitrogens with one attached hydrogen (secondary N) is 2. The molecule has 1 fully saturated rings. The second-order valence-electron chi connectivity index (χ2n) is 7.36. The van der Waals surface area contributed by atoms with Crippen LogP contribution in [0.25, 0.3) is 0 Å². The summed E-state index contributed by atoms with van der Waals surface area (Å²) in [6.07, 6.45) is 1.40. The van der Waals surface area contributed by atoms with E-state index < -0.39 is 20.0 Å². The molecule has 0 bridgehead atoms. The van der Waals surface area contributed by atoms with E-state index in [0.717, 1.165) is 6.42 Å². The van der Waals surface area contributed by atoms with Gasteiger partial charge in [-0.05, 0) is 74.2 Å². The van der Waals surface area contributed by atoms with Gasteiger partial charge in [0, 0.05) is 24.8 Å². The van der Waals surface area contributed by atoms with Crippen LogP contribution in [0.1, 0.15) is 30.9 Å². The molecule has 0 spiro atoms. The van der Waals surface area contributed by atoms with Gasteiger partial charge < -0.3 is 5.32 Å². The van der Waals surface area contributed by atoms with Crippen LogP contribution in [0.2, 0.25) is 0 Å². The zero-order valence-electron chi connectivity index (χ0n) is 17.1. The minimum atomic E-state index is -3.88. The van der Waals surface area contributed by atoms with Gasteiger partial charge in [0.25, 0.3) is 10.0 Å². The van der Waals surface area contributed by atoms with Crippen molar-refractivity contribution in [1.82, 2.24) is 0 Å². The quantitative estimate of drug-likeness (QED) is 0.726. The predicted octanol–water partition coefficient (Wildman–Crippen LogP) is 2.99. The summed E-state index contributed by atoms with van der Waals surface area (Å²) >= 11 is 0.